The number of hydrogen-bond acceptors (Lipinski definition) is 3. The molecule has 1 heterocycles. The van der Waals surface area contributed by atoms with Gasteiger partial charge in [0.1, 0.15) is 12.1 Å². The highest BCUT2D eigenvalue weighted by Gasteiger charge is 2.55. The predicted octanol–water partition coefficient (Wildman–Crippen LogP) is 2.98. The molecule has 4 amide bonds. The van der Waals surface area contributed by atoms with Crippen molar-refractivity contribution < 1.29 is 14.4 Å². The third-order valence-corrected chi connectivity index (χ3v) is 5.68. The number of urea groups is 1. The van der Waals surface area contributed by atoms with Crippen LogP contribution in [-0.2, 0) is 21.5 Å². The van der Waals surface area contributed by atoms with E-state index in [-0.39, 0.29) is 12.5 Å². The van der Waals surface area contributed by atoms with E-state index >= 15 is 0 Å². The first-order valence-electron chi connectivity index (χ1n) is 8.70. The minimum absolute atomic E-state index is 0.347. The van der Waals surface area contributed by atoms with Crippen molar-refractivity contribution in [1.82, 2.24) is 10.2 Å². The molecule has 0 aromatic heterocycles. The van der Waals surface area contributed by atoms with E-state index < -0.39 is 17.5 Å². The van der Waals surface area contributed by atoms with Gasteiger partial charge in [-0.15, -0.1) is 0 Å². The highest BCUT2D eigenvalue weighted by Crippen LogP contribution is 2.41. The molecule has 138 valence electrons. The lowest BCUT2D eigenvalue weighted by molar-refractivity contribution is -0.134. The molecule has 2 aromatic carbocycles. The summed E-state index contributed by atoms with van der Waals surface area (Å²) in [4.78, 5) is 38.9. The maximum atomic E-state index is 13.1. The third-order valence-electron chi connectivity index (χ3n) is 5.27. The molecular weight excluding hydrogens is 366 g/mol. The fourth-order valence-corrected chi connectivity index (χ4v) is 3.98. The Hall–Kier alpha value is -2.86. The molecule has 2 N–H and O–H groups in total. The highest BCUT2D eigenvalue weighted by atomic mass is 35.5. The number of benzene rings is 2. The summed E-state index contributed by atoms with van der Waals surface area (Å²) in [7, 11) is 0. The van der Waals surface area contributed by atoms with Gasteiger partial charge >= 0.3 is 6.03 Å². The summed E-state index contributed by atoms with van der Waals surface area (Å²) in [6.45, 7) is 1.44. The van der Waals surface area contributed by atoms with Crippen LogP contribution >= 0.6 is 11.6 Å². The van der Waals surface area contributed by atoms with Crippen molar-refractivity contribution in [1.29, 1.82) is 0 Å². The first kappa shape index (κ1) is 17.5. The largest absolute Gasteiger partial charge is 0.325 e. The zero-order valence-corrected chi connectivity index (χ0v) is 15.5. The van der Waals surface area contributed by atoms with Gasteiger partial charge in [0.15, 0.2) is 0 Å². The van der Waals surface area contributed by atoms with Crippen molar-refractivity contribution in [3.05, 3.63) is 64.2 Å². The Kier molecular flexibility index (Phi) is 4.15. The minimum atomic E-state index is -1.06. The summed E-state index contributed by atoms with van der Waals surface area (Å²) < 4.78 is 0. The highest BCUT2D eigenvalue weighted by molar-refractivity contribution is 6.31. The molecule has 0 bridgehead atoms. The van der Waals surface area contributed by atoms with Crippen LogP contribution in [0.5, 0.6) is 0 Å². The van der Waals surface area contributed by atoms with Crippen molar-refractivity contribution in [2.75, 3.05) is 11.9 Å². The number of amides is 4. The van der Waals surface area contributed by atoms with Crippen LogP contribution < -0.4 is 10.6 Å². The van der Waals surface area contributed by atoms with E-state index in [4.69, 9.17) is 11.6 Å². The Morgan fingerprint density at radius 2 is 2.00 bits per heavy atom. The zero-order chi connectivity index (χ0) is 19.2. The SMILES string of the molecule is Cc1c(Cl)cccc1NC(=O)CN1C(=O)N[C@@]2(CCc3ccccc32)C1=O. The topological polar surface area (TPSA) is 78.5 Å². The number of nitrogens with one attached hydrogen (secondary N) is 2. The fraction of sp³-hybridized carbons (Fsp3) is 0.250. The van der Waals surface area contributed by atoms with Crippen LogP contribution in [-0.4, -0.2) is 29.3 Å². The van der Waals surface area contributed by atoms with E-state index in [0.29, 0.717) is 23.6 Å². The van der Waals surface area contributed by atoms with E-state index in [0.717, 1.165) is 21.6 Å². The van der Waals surface area contributed by atoms with Crippen molar-refractivity contribution in [3.8, 4) is 0 Å². The Labute approximate surface area is 161 Å². The van der Waals surface area contributed by atoms with Crippen LogP contribution in [0.15, 0.2) is 42.5 Å². The molecule has 4 rings (SSSR count). The zero-order valence-electron chi connectivity index (χ0n) is 14.7. The van der Waals surface area contributed by atoms with Crippen LogP contribution in [0, 0.1) is 6.92 Å². The van der Waals surface area contributed by atoms with E-state index in [2.05, 4.69) is 10.6 Å². The molecule has 1 aliphatic heterocycles. The number of halogens is 1. The average molecular weight is 384 g/mol. The number of anilines is 1. The Morgan fingerprint density at radius 1 is 1.22 bits per heavy atom. The normalized spacial score (nSPS) is 20.7. The smallest absolute Gasteiger partial charge is 0.324 e. The lowest BCUT2D eigenvalue weighted by atomic mass is 9.92. The van der Waals surface area contributed by atoms with Gasteiger partial charge < -0.3 is 10.6 Å². The number of imide groups is 1. The van der Waals surface area contributed by atoms with Gasteiger partial charge in [-0.25, -0.2) is 4.79 Å². The van der Waals surface area contributed by atoms with E-state index in [1.807, 2.05) is 24.3 Å². The molecule has 0 saturated carbocycles. The summed E-state index contributed by atoms with van der Waals surface area (Å²) in [5, 5.41) is 6.06. The van der Waals surface area contributed by atoms with Gasteiger partial charge in [-0.3, -0.25) is 14.5 Å². The summed E-state index contributed by atoms with van der Waals surface area (Å²) in [6, 6.07) is 12.2. The summed E-state index contributed by atoms with van der Waals surface area (Å²) in [6.07, 6.45) is 1.21. The molecular formula is C20H18ClN3O3. The second-order valence-electron chi connectivity index (χ2n) is 6.84. The van der Waals surface area contributed by atoms with E-state index in [1.54, 1.807) is 25.1 Å². The molecule has 1 aliphatic carbocycles. The maximum absolute atomic E-state index is 13.1. The van der Waals surface area contributed by atoms with Crippen LogP contribution in [0.4, 0.5) is 10.5 Å². The molecule has 2 aliphatic rings. The number of hydrogen-bond donors (Lipinski definition) is 2. The lowest BCUT2D eigenvalue weighted by Gasteiger charge is -2.22. The number of rotatable bonds is 3. The van der Waals surface area contributed by atoms with Crippen LogP contribution in [0.25, 0.3) is 0 Å². The van der Waals surface area contributed by atoms with Crippen LogP contribution in [0.3, 0.4) is 0 Å². The number of fused-ring (bicyclic) bond motifs is 2. The molecule has 0 radical (unpaired) electrons. The summed E-state index contributed by atoms with van der Waals surface area (Å²) in [5.41, 5.74) is 2.09. The predicted molar refractivity (Wildman–Crippen MR) is 102 cm³/mol. The maximum Gasteiger partial charge on any atom is 0.325 e. The van der Waals surface area contributed by atoms with Gasteiger partial charge in [-0.05, 0) is 48.6 Å². The Balaban J connectivity index is 1.54. The first-order valence-corrected chi connectivity index (χ1v) is 9.07. The average Bonchev–Trinajstić information content (AvgIpc) is 3.13. The number of aryl methyl sites for hydroxylation is 1. The Bertz CT molecular complexity index is 975. The molecule has 27 heavy (non-hydrogen) atoms. The van der Waals surface area contributed by atoms with Gasteiger partial charge in [0.2, 0.25) is 5.91 Å². The molecule has 2 aromatic rings. The van der Waals surface area contributed by atoms with Gasteiger partial charge in [0, 0.05) is 10.7 Å². The van der Waals surface area contributed by atoms with Gasteiger partial charge in [0.25, 0.3) is 5.91 Å². The van der Waals surface area contributed by atoms with E-state index in [1.165, 1.54) is 0 Å². The van der Waals surface area contributed by atoms with Gasteiger partial charge in [-0.2, -0.15) is 0 Å². The van der Waals surface area contributed by atoms with Crippen molar-refractivity contribution in [3.63, 3.8) is 0 Å². The molecule has 1 atom stereocenters. The monoisotopic (exact) mass is 383 g/mol. The molecule has 1 saturated heterocycles. The molecule has 7 heteroatoms. The van der Waals surface area contributed by atoms with Gasteiger partial charge in [-0.1, -0.05) is 41.9 Å². The third kappa shape index (κ3) is 2.77. The molecule has 1 fully saturated rings. The summed E-state index contributed by atoms with van der Waals surface area (Å²) >= 11 is 6.06. The van der Waals surface area contributed by atoms with Gasteiger partial charge in [0.05, 0.1) is 0 Å². The number of carbonyl (C=O) groups is 3. The molecule has 6 nitrogen and oxygen atoms in total. The minimum Gasteiger partial charge on any atom is -0.324 e. The van der Waals surface area contributed by atoms with Crippen molar-refractivity contribution in [2.45, 2.75) is 25.3 Å². The van der Waals surface area contributed by atoms with Crippen molar-refractivity contribution >= 4 is 35.1 Å². The van der Waals surface area contributed by atoms with Crippen LogP contribution in [0.1, 0.15) is 23.1 Å². The second-order valence-corrected chi connectivity index (χ2v) is 7.25. The fourth-order valence-electron chi connectivity index (χ4n) is 3.81. The second kappa shape index (κ2) is 6.39. The molecule has 1 spiro atoms. The summed E-state index contributed by atoms with van der Waals surface area (Å²) in [5.74, 6) is -0.831. The van der Waals surface area contributed by atoms with Crippen molar-refractivity contribution in [2.24, 2.45) is 0 Å². The number of nitrogens with zero attached hydrogens (tertiary/aromatic N) is 1. The lowest BCUT2D eigenvalue weighted by Crippen LogP contribution is -2.43. The quantitative estimate of drug-likeness (QED) is 0.800. The van der Waals surface area contributed by atoms with E-state index in [9.17, 15) is 14.4 Å². The van der Waals surface area contributed by atoms with Crippen LogP contribution in [0.2, 0.25) is 5.02 Å². The number of carbonyl (C=O) groups excluding carboxylic acids is 3. The molecule has 0 unspecified atom stereocenters. The Morgan fingerprint density at radius 3 is 2.81 bits per heavy atom. The first-order chi connectivity index (χ1) is 12.9. The standard InChI is InChI=1S/C20H18ClN3O3/c1-12-15(21)7-4-8-16(12)22-17(25)11-24-18(26)20(23-19(24)27)10-9-13-5-2-3-6-14(13)20/h2-8H,9-11H2,1H3,(H,22,25)(H,23,27)/t20-/m1/s1.